The fraction of sp³-hybridized carbons (Fsp3) is 0.143. The number of amides is 1. The van der Waals surface area contributed by atoms with E-state index in [1.165, 1.54) is 18.3 Å². The van der Waals surface area contributed by atoms with Gasteiger partial charge in [-0.3, -0.25) is 14.9 Å². The lowest BCUT2D eigenvalue weighted by molar-refractivity contribution is -0.384. The molecule has 1 N–H and O–H groups in total. The Morgan fingerprint density at radius 1 is 1.23 bits per heavy atom. The van der Waals surface area contributed by atoms with Gasteiger partial charge in [0.2, 0.25) is 5.91 Å². The van der Waals surface area contributed by atoms with Crippen LogP contribution in [0.1, 0.15) is 18.2 Å². The zero-order valence-electron chi connectivity index (χ0n) is 16.0. The van der Waals surface area contributed by atoms with Gasteiger partial charge in [-0.05, 0) is 58.7 Å². The number of nitro groups is 1. The van der Waals surface area contributed by atoms with Crippen molar-refractivity contribution in [2.24, 2.45) is 5.10 Å². The molecule has 0 aliphatic heterocycles. The quantitative estimate of drug-likeness (QED) is 0.290. The first kappa shape index (κ1) is 21.3. The Kier molecular flexibility index (Phi) is 6.97. The average Bonchev–Trinajstić information content (AvgIpc) is 3.18. The van der Waals surface area contributed by atoms with Gasteiger partial charge in [0, 0.05) is 22.2 Å². The van der Waals surface area contributed by atoms with Gasteiger partial charge >= 0.3 is 0 Å². The van der Waals surface area contributed by atoms with Crippen LogP contribution in [0.3, 0.4) is 0 Å². The molecule has 0 radical (unpaired) electrons. The number of nitro benzene ring substituents is 1. The maximum Gasteiger partial charge on any atom is 0.270 e. The largest absolute Gasteiger partial charge is 0.494 e. The highest BCUT2D eigenvalue weighted by atomic mass is 79.9. The smallest absolute Gasteiger partial charge is 0.270 e. The predicted octanol–water partition coefficient (Wildman–Crippen LogP) is 4.71. The highest BCUT2D eigenvalue weighted by molar-refractivity contribution is 9.10. The Morgan fingerprint density at radius 3 is 2.67 bits per heavy atom. The molecule has 2 aromatic carbocycles. The Bertz CT molecular complexity index is 1080. The summed E-state index contributed by atoms with van der Waals surface area (Å²) in [5.41, 5.74) is 3.94. The van der Waals surface area contributed by atoms with E-state index < -0.39 is 4.92 Å². The van der Waals surface area contributed by atoms with Crippen LogP contribution in [0.15, 0.2) is 68.6 Å². The number of carbonyl (C=O) groups excluding carboxylic acids is 1. The van der Waals surface area contributed by atoms with Crippen molar-refractivity contribution < 1.29 is 18.9 Å². The number of nitrogens with one attached hydrogen (secondary N) is 1. The lowest BCUT2D eigenvalue weighted by Gasteiger charge is -2.04. The van der Waals surface area contributed by atoms with E-state index in [0.29, 0.717) is 28.2 Å². The second kappa shape index (κ2) is 9.84. The molecule has 0 aliphatic carbocycles. The number of halogens is 1. The molecule has 154 valence electrons. The lowest BCUT2D eigenvalue weighted by atomic mass is 10.1. The van der Waals surface area contributed by atoms with Gasteiger partial charge in [-0.25, -0.2) is 5.43 Å². The average molecular weight is 472 g/mol. The van der Waals surface area contributed by atoms with Crippen LogP contribution in [-0.2, 0) is 11.2 Å². The molecule has 1 aromatic heterocycles. The van der Waals surface area contributed by atoms with E-state index in [0.717, 1.165) is 11.3 Å². The molecule has 30 heavy (non-hydrogen) atoms. The third-order valence-electron chi connectivity index (χ3n) is 4.04. The van der Waals surface area contributed by atoms with Gasteiger partial charge < -0.3 is 9.15 Å². The van der Waals surface area contributed by atoms with E-state index in [1.807, 2.05) is 31.2 Å². The molecule has 0 unspecified atom stereocenters. The number of non-ortho nitro benzene ring substituents is 1. The van der Waals surface area contributed by atoms with Crippen molar-refractivity contribution in [1.29, 1.82) is 0 Å². The number of hydrogen-bond acceptors (Lipinski definition) is 6. The van der Waals surface area contributed by atoms with Crippen LogP contribution in [0.2, 0.25) is 0 Å². The molecule has 9 heteroatoms. The number of carbonyl (C=O) groups is 1. The minimum atomic E-state index is -0.467. The van der Waals surface area contributed by atoms with Crippen molar-refractivity contribution in [3.8, 4) is 17.1 Å². The molecule has 0 atom stereocenters. The zero-order chi connectivity index (χ0) is 21.5. The molecule has 3 rings (SSSR count). The first-order valence-corrected chi connectivity index (χ1v) is 9.83. The van der Waals surface area contributed by atoms with Crippen molar-refractivity contribution in [1.82, 2.24) is 5.43 Å². The van der Waals surface area contributed by atoms with Crippen molar-refractivity contribution in [3.63, 3.8) is 0 Å². The lowest BCUT2D eigenvalue weighted by Crippen LogP contribution is -2.19. The van der Waals surface area contributed by atoms with Crippen LogP contribution in [0.25, 0.3) is 11.3 Å². The van der Waals surface area contributed by atoms with Crippen LogP contribution < -0.4 is 10.2 Å². The van der Waals surface area contributed by atoms with Crippen LogP contribution in [0, 0.1) is 10.1 Å². The molecule has 0 fully saturated rings. The molecule has 0 saturated carbocycles. The molecular weight excluding hydrogens is 454 g/mol. The van der Waals surface area contributed by atoms with Gasteiger partial charge in [0.25, 0.3) is 5.69 Å². The SMILES string of the molecule is CCOc1ccc(CC(=O)N/N=C\c2ccc(-c3ccc([N+](=O)[O-])cc3Br)o2)cc1. The highest BCUT2D eigenvalue weighted by Crippen LogP contribution is 2.32. The van der Waals surface area contributed by atoms with E-state index in [9.17, 15) is 14.9 Å². The van der Waals surface area contributed by atoms with Gasteiger partial charge in [0.1, 0.15) is 17.3 Å². The highest BCUT2D eigenvalue weighted by Gasteiger charge is 2.13. The number of ether oxygens (including phenoxy) is 1. The monoisotopic (exact) mass is 471 g/mol. The van der Waals surface area contributed by atoms with Crippen molar-refractivity contribution in [3.05, 3.63) is 80.5 Å². The number of hydrazone groups is 1. The predicted molar refractivity (Wildman–Crippen MR) is 116 cm³/mol. The number of benzene rings is 2. The first-order chi connectivity index (χ1) is 14.5. The molecule has 1 amide bonds. The van der Waals surface area contributed by atoms with Gasteiger partial charge in [-0.1, -0.05) is 12.1 Å². The number of rotatable bonds is 8. The van der Waals surface area contributed by atoms with Crippen molar-refractivity contribution >= 4 is 33.7 Å². The maximum atomic E-state index is 12.0. The third-order valence-corrected chi connectivity index (χ3v) is 4.69. The van der Waals surface area contributed by atoms with Crippen LogP contribution in [-0.4, -0.2) is 23.7 Å². The minimum Gasteiger partial charge on any atom is -0.494 e. The Balaban J connectivity index is 1.58. The minimum absolute atomic E-state index is 0.0193. The van der Waals surface area contributed by atoms with Gasteiger partial charge in [0.05, 0.1) is 24.2 Å². The van der Waals surface area contributed by atoms with Gasteiger partial charge in [-0.15, -0.1) is 0 Å². The van der Waals surface area contributed by atoms with E-state index >= 15 is 0 Å². The Morgan fingerprint density at radius 2 is 2.00 bits per heavy atom. The van der Waals surface area contributed by atoms with E-state index in [-0.39, 0.29) is 18.0 Å². The molecule has 0 spiro atoms. The van der Waals surface area contributed by atoms with E-state index in [1.54, 1.807) is 18.2 Å². The van der Waals surface area contributed by atoms with Crippen LogP contribution in [0.4, 0.5) is 5.69 Å². The molecule has 0 aliphatic rings. The van der Waals surface area contributed by atoms with Crippen LogP contribution in [0.5, 0.6) is 5.75 Å². The fourth-order valence-corrected chi connectivity index (χ4v) is 3.21. The summed E-state index contributed by atoms with van der Waals surface area (Å²) in [4.78, 5) is 22.4. The van der Waals surface area contributed by atoms with Crippen molar-refractivity contribution in [2.75, 3.05) is 6.61 Å². The normalized spacial score (nSPS) is 10.9. The van der Waals surface area contributed by atoms with Gasteiger partial charge in [-0.2, -0.15) is 5.10 Å². The topological polar surface area (TPSA) is 107 Å². The van der Waals surface area contributed by atoms with Gasteiger partial charge in [0.15, 0.2) is 0 Å². The summed E-state index contributed by atoms with van der Waals surface area (Å²) in [6.07, 6.45) is 1.57. The summed E-state index contributed by atoms with van der Waals surface area (Å²) in [7, 11) is 0. The standard InChI is InChI=1S/C21H18BrN3O5/c1-2-29-16-6-3-14(4-7-16)11-21(26)24-23-13-17-8-10-20(30-17)18-9-5-15(25(27)28)12-19(18)22/h3-10,12-13H,2,11H2,1H3,(H,24,26)/b23-13-. The molecule has 0 bridgehead atoms. The Labute approximate surface area is 180 Å². The Hall–Kier alpha value is -3.46. The summed E-state index contributed by atoms with van der Waals surface area (Å²) < 4.78 is 11.6. The molecule has 0 saturated heterocycles. The number of nitrogens with zero attached hydrogens (tertiary/aromatic N) is 2. The molecule has 1 heterocycles. The maximum absolute atomic E-state index is 12.0. The summed E-state index contributed by atoms with van der Waals surface area (Å²) in [5.74, 6) is 1.43. The molecular formula is C21H18BrN3O5. The summed E-state index contributed by atoms with van der Waals surface area (Å²) in [5, 5.41) is 14.7. The third kappa shape index (κ3) is 5.54. The molecule has 8 nitrogen and oxygen atoms in total. The van der Waals surface area contributed by atoms with E-state index in [4.69, 9.17) is 9.15 Å². The van der Waals surface area contributed by atoms with E-state index in [2.05, 4.69) is 26.5 Å². The number of furan rings is 1. The fourth-order valence-electron chi connectivity index (χ4n) is 2.65. The summed E-state index contributed by atoms with van der Waals surface area (Å²) >= 11 is 3.31. The zero-order valence-corrected chi connectivity index (χ0v) is 17.6. The summed E-state index contributed by atoms with van der Waals surface area (Å²) in [6.45, 7) is 2.50. The molecule has 3 aromatic rings. The second-order valence-corrected chi connectivity index (χ2v) is 7.02. The first-order valence-electron chi connectivity index (χ1n) is 9.04. The second-order valence-electron chi connectivity index (χ2n) is 6.17. The summed E-state index contributed by atoms with van der Waals surface area (Å²) in [6, 6.07) is 15.1. The van der Waals surface area contributed by atoms with Crippen molar-refractivity contribution in [2.45, 2.75) is 13.3 Å². The van der Waals surface area contributed by atoms with Crippen LogP contribution >= 0.6 is 15.9 Å². The number of hydrogen-bond donors (Lipinski definition) is 1.